The maximum absolute atomic E-state index is 8.48. The zero-order chi connectivity index (χ0) is 6.57. The highest BCUT2D eigenvalue weighted by Crippen LogP contribution is 1.81. The fourth-order valence-electron chi connectivity index (χ4n) is 0.273. The van der Waals surface area contributed by atoms with Gasteiger partial charge in [0, 0.05) is 14.1 Å². The van der Waals surface area contributed by atoms with Crippen molar-refractivity contribution in [2.75, 3.05) is 20.8 Å². The normalized spacial score (nSPS) is 11.8. The molecule has 0 bridgehead atoms. The summed E-state index contributed by atoms with van der Waals surface area (Å²) in [6.45, 7) is 1.87. The Labute approximate surface area is 49.6 Å². The van der Waals surface area contributed by atoms with Crippen molar-refractivity contribution in [3.05, 3.63) is 0 Å². The van der Waals surface area contributed by atoms with E-state index in [0.717, 1.165) is 5.84 Å². The van der Waals surface area contributed by atoms with Crippen LogP contribution in [0.2, 0.25) is 0 Å². The molecule has 0 aromatic heterocycles. The molecule has 0 rings (SSSR count). The van der Waals surface area contributed by atoms with Gasteiger partial charge in [0.15, 0.2) is 0 Å². The zero-order valence-corrected chi connectivity index (χ0v) is 5.55. The van der Waals surface area contributed by atoms with Crippen LogP contribution in [-0.4, -0.2) is 36.7 Å². The van der Waals surface area contributed by atoms with Crippen LogP contribution in [0.1, 0.15) is 6.92 Å². The second-order valence-electron chi connectivity index (χ2n) is 1.61. The van der Waals surface area contributed by atoms with Crippen LogP contribution in [0.4, 0.5) is 0 Å². The van der Waals surface area contributed by atoms with Crippen molar-refractivity contribution in [2.45, 2.75) is 6.92 Å². The number of amidine groups is 1. The third kappa shape index (κ3) is 1.93. The van der Waals surface area contributed by atoms with Crippen LogP contribution in [0.25, 0.3) is 0 Å². The van der Waals surface area contributed by atoms with E-state index < -0.39 is 0 Å². The molecule has 0 aromatic carbocycles. The average Bonchev–Trinajstić information content (AvgIpc) is 1.84. The number of rotatable bonds is 1. The minimum Gasteiger partial charge on any atom is -0.376 e. The van der Waals surface area contributed by atoms with Gasteiger partial charge in [-0.2, -0.15) is 0 Å². The number of nitrogens with zero attached hydrogens (tertiary/aromatic N) is 2. The summed E-state index contributed by atoms with van der Waals surface area (Å²) in [5, 5.41) is 8.48. The van der Waals surface area contributed by atoms with Gasteiger partial charge in [0.2, 0.25) is 0 Å². The Kier molecular flexibility index (Phi) is 3.19. The Morgan fingerprint density at radius 3 is 2.38 bits per heavy atom. The van der Waals surface area contributed by atoms with Crippen molar-refractivity contribution in [2.24, 2.45) is 4.99 Å². The maximum atomic E-state index is 8.48. The average molecular weight is 116 g/mol. The summed E-state index contributed by atoms with van der Waals surface area (Å²) in [6.07, 6.45) is 0. The first-order valence-electron chi connectivity index (χ1n) is 2.47. The highest BCUT2D eigenvalue weighted by molar-refractivity contribution is 5.78. The first kappa shape index (κ1) is 7.43. The monoisotopic (exact) mass is 116 g/mol. The standard InChI is InChI=1S/C5H12N2O/c1-5(6-2)7(3)4-8/h8H,4H2,1-3H3/b6-5-. The quantitative estimate of drug-likeness (QED) is 0.295. The van der Waals surface area contributed by atoms with E-state index in [1.54, 1.807) is 19.0 Å². The molecular formula is C5H12N2O. The lowest BCUT2D eigenvalue weighted by Gasteiger charge is -2.13. The summed E-state index contributed by atoms with van der Waals surface area (Å²) in [6, 6.07) is 0. The number of hydrogen-bond donors (Lipinski definition) is 1. The van der Waals surface area contributed by atoms with E-state index in [-0.39, 0.29) is 6.73 Å². The predicted molar refractivity (Wildman–Crippen MR) is 33.9 cm³/mol. The van der Waals surface area contributed by atoms with Crippen LogP contribution in [0.3, 0.4) is 0 Å². The molecule has 0 aliphatic heterocycles. The van der Waals surface area contributed by atoms with E-state index in [1.807, 2.05) is 6.92 Å². The van der Waals surface area contributed by atoms with Crippen molar-refractivity contribution in [3.8, 4) is 0 Å². The Hall–Kier alpha value is -0.570. The molecule has 48 valence electrons. The van der Waals surface area contributed by atoms with Crippen molar-refractivity contribution in [1.29, 1.82) is 0 Å². The highest BCUT2D eigenvalue weighted by Gasteiger charge is 1.92. The molecule has 0 radical (unpaired) electrons. The van der Waals surface area contributed by atoms with E-state index in [4.69, 9.17) is 5.11 Å². The van der Waals surface area contributed by atoms with Gasteiger partial charge in [-0.3, -0.25) is 4.99 Å². The fourth-order valence-corrected chi connectivity index (χ4v) is 0.273. The highest BCUT2D eigenvalue weighted by atomic mass is 16.3. The molecule has 3 nitrogen and oxygen atoms in total. The molecule has 0 saturated heterocycles. The molecule has 0 aromatic rings. The molecule has 0 amide bonds. The minimum atomic E-state index is 0.0309. The van der Waals surface area contributed by atoms with Gasteiger partial charge in [-0.25, -0.2) is 0 Å². The topological polar surface area (TPSA) is 35.8 Å². The molecular weight excluding hydrogens is 104 g/mol. The molecule has 1 N–H and O–H groups in total. The van der Waals surface area contributed by atoms with Crippen LogP contribution in [0, 0.1) is 0 Å². The molecule has 0 atom stereocenters. The first-order valence-corrected chi connectivity index (χ1v) is 2.47. The Morgan fingerprint density at radius 1 is 1.75 bits per heavy atom. The van der Waals surface area contributed by atoms with E-state index in [1.165, 1.54) is 0 Å². The first-order chi connectivity index (χ1) is 3.72. The second-order valence-corrected chi connectivity index (χ2v) is 1.61. The lowest BCUT2D eigenvalue weighted by Crippen LogP contribution is -2.24. The van der Waals surface area contributed by atoms with Crippen LogP contribution >= 0.6 is 0 Å². The lowest BCUT2D eigenvalue weighted by molar-refractivity contribution is 0.191. The number of aliphatic hydroxyl groups excluding tert-OH is 1. The summed E-state index contributed by atoms with van der Waals surface area (Å²) in [5.74, 6) is 0.840. The summed E-state index contributed by atoms with van der Waals surface area (Å²) >= 11 is 0. The molecule has 0 spiro atoms. The zero-order valence-electron chi connectivity index (χ0n) is 5.55. The van der Waals surface area contributed by atoms with Gasteiger partial charge in [0.25, 0.3) is 0 Å². The maximum Gasteiger partial charge on any atom is 0.116 e. The summed E-state index contributed by atoms with van der Waals surface area (Å²) in [4.78, 5) is 5.49. The van der Waals surface area contributed by atoms with Crippen LogP contribution in [0.15, 0.2) is 4.99 Å². The second kappa shape index (κ2) is 3.43. The molecule has 0 aliphatic rings. The van der Waals surface area contributed by atoms with Gasteiger partial charge in [-0.1, -0.05) is 0 Å². The Morgan fingerprint density at radius 2 is 2.25 bits per heavy atom. The summed E-state index contributed by atoms with van der Waals surface area (Å²) in [7, 11) is 3.48. The van der Waals surface area contributed by atoms with Gasteiger partial charge < -0.3 is 10.0 Å². The van der Waals surface area contributed by atoms with E-state index in [0.29, 0.717) is 0 Å². The van der Waals surface area contributed by atoms with Gasteiger partial charge in [0.05, 0.1) is 5.84 Å². The SMILES string of the molecule is C/N=C(/C)N(C)CO. The molecule has 8 heavy (non-hydrogen) atoms. The van der Waals surface area contributed by atoms with Crippen LogP contribution in [-0.2, 0) is 0 Å². The van der Waals surface area contributed by atoms with E-state index in [9.17, 15) is 0 Å². The molecule has 0 aliphatic carbocycles. The number of aliphatic imine (C=N–C) groups is 1. The number of aliphatic hydroxyl groups is 1. The molecule has 3 heteroatoms. The van der Waals surface area contributed by atoms with Crippen molar-refractivity contribution in [3.63, 3.8) is 0 Å². The Bertz CT molecular complexity index is 90.4. The third-order valence-electron chi connectivity index (χ3n) is 1.09. The fraction of sp³-hybridized carbons (Fsp3) is 0.800. The van der Waals surface area contributed by atoms with Crippen molar-refractivity contribution >= 4 is 5.84 Å². The van der Waals surface area contributed by atoms with Crippen LogP contribution in [0.5, 0.6) is 0 Å². The minimum absolute atomic E-state index is 0.0309. The lowest BCUT2D eigenvalue weighted by atomic mass is 10.6. The van der Waals surface area contributed by atoms with E-state index >= 15 is 0 Å². The van der Waals surface area contributed by atoms with Crippen LogP contribution < -0.4 is 0 Å². The summed E-state index contributed by atoms with van der Waals surface area (Å²) < 4.78 is 0. The largest absolute Gasteiger partial charge is 0.376 e. The van der Waals surface area contributed by atoms with E-state index in [2.05, 4.69) is 4.99 Å². The molecule has 0 fully saturated rings. The third-order valence-corrected chi connectivity index (χ3v) is 1.09. The predicted octanol–water partition coefficient (Wildman–Crippen LogP) is -0.0838. The van der Waals surface area contributed by atoms with Gasteiger partial charge in [0.1, 0.15) is 6.73 Å². The molecule has 0 heterocycles. The van der Waals surface area contributed by atoms with Crippen molar-refractivity contribution in [1.82, 2.24) is 4.90 Å². The van der Waals surface area contributed by atoms with Gasteiger partial charge in [-0.05, 0) is 6.92 Å². The number of hydrogen-bond acceptors (Lipinski definition) is 2. The molecule has 0 unspecified atom stereocenters. The van der Waals surface area contributed by atoms with Gasteiger partial charge in [-0.15, -0.1) is 0 Å². The smallest absolute Gasteiger partial charge is 0.116 e. The molecule has 0 saturated carbocycles. The van der Waals surface area contributed by atoms with Crippen molar-refractivity contribution < 1.29 is 5.11 Å². The van der Waals surface area contributed by atoms with Gasteiger partial charge >= 0.3 is 0 Å². The Balaban J connectivity index is 3.63. The summed E-state index contributed by atoms with van der Waals surface area (Å²) in [5.41, 5.74) is 0.